The number of nitrogens with one attached hydrogen (secondary N) is 1. The summed E-state index contributed by atoms with van der Waals surface area (Å²) >= 11 is 0. The van der Waals surface area contributed by atoms with E-state index in [-0.39, 0.29) is 18.6 Å². The van der Waals surface area contributed by atoms with Gasteiger partial charge in [-0.15, -0.1) is 0 Å². The first kappa shape index (κ1) is 11.4. The standard InChI is InChI=1S/C7H16N2O3/c1-6(7(8)11)9-2-4-12-5-3-10/h6,9-10H,2-5H2,1H3,(H2,8,11). The van der Waals surface area contributed by atoms with Gasteiger partial charge in [-0.2, -0.15) is 0 Å². The lowest BCUT2D eigenvalue weighted by Crippen LogP contribution is -2.40. The Morgan fingerprint density at radius 3 is 2.83 bits per heavy atom. The second kappa shape index (κ2) is 7.02. The maximum atomic E-state index is 10.5. The topological polar surface area (TPSA) is 84.6 Å². The van der Waals surface area contributed by atoms with Gasteiger partial charge in [0.15, 0.2) is 0 Å². The molecule has 0 bridgehead atoms. The van der Waals surface area contributed by atoms with E-state index in [1.54, 1.807) is 6.92 Å². The van der Waals surface area contributed by atoms with Crippen molar-refractivity contribution < 1.29 is 14.6 Å². The van der Waals surface area contributed by atoms with Crippen LogP contribution in [0.3, 0.4) is 0 Å². The molecule has 1 atom stereocenters. The normalized spacial score (nSPS) is 12.8. The van der Waals surface area contributed by atoms with Crippen LogP contribution in [-0.2, 0) is 9.53 Å². The van der Waals surface area contributed by atoms with Crippen LogP contribution in [0.4, 0.5) is 0 Å². The number of hydrogen-bond acceptors (Lipinski definition) is 4. The minimum Gasteiger partial charge on any atom is -0.394 e. The highest BCUT2D eigenvalue weighted by atomic mass is 16.5. The van der Waals surface area contributed by atoms with Gasteiger partial charge in [-0.05, 0) is 6.92 Å². The molecule has 0 aliphatic rings. The van der Waals surface area contributed by atoms with Crippen LogP contribution in [0, 0.1) is 0 Å². The summed E-state index contributed by atoms with van der Waals surface area (Å²) in [4.78, 5) is 10.5. The maximum absolute atomic E-state index is 10.5. The molecule has 0 aromatic rings. The Labute approximate surface area is 71.9 Å². The zero-order valence-electron chi connectivity index (χ0n) is 7.25. The molecule has 0 radical (unpaired) electrons. The number of ether oxygens (including phenoxy) is 1. The molecule has 0 aliphatic heterocycles. The molecule has 0 aromatic heterocycles. The van der Waals surface area contributed by atoms with E-state index in [0.717, 1.165) is 0 Å². The molecule has 0 spiro atoms. The average molecular weight is 176 g/mol. The summed E-state index contributed by atoms with van der Waals surface area (Å²) in [5.74, 6) is -0.378. The summed E-state index contributed by atoms with van der Waals surface area (Å²) in [7, 11) is 0. The number of nitrogens with two attached hydrogens (primary N) is 1. The van der Waals surface area contributed by atoms with Crippen molar-refractivity contribution in [2.24, 2.45) is 5.73 Å². The SMILES string of the molecule is CC(NCCOCCO)C(N)=O. The van der Waals surface area contributed by atoms with Crippen molar-refractivity contribution in [1.82, 2.24) is 5.32 Å². The van der Waals surface area contributed by atoms with Crippen LogP contribution in [0.25, 0.3) is 0 Å². The van der Waals surface area contributed by atoms with Crippen LogP contribution in [0.15, 0.2) is 0 Å². The summed E-state index contributed by atoms with van der Waals surface area (Å²) in [6.07, 6.45) is 0. The summed E-state index contributed by atoms with van der Waals surface area (Å²) in [5, 5.41) is 11.2. The van der Waals surface area contributed by atoms with Gasteiger partial charge in [-0.1, -0.05) is 0 Å². The largest absolute Gasteiger partial charge is 0.394 e. The van der Waals surface area contributed by atoms with Gasteiger partial charge < -0.3 is 20.9 Å². The van der Waals surface area contributed by atoms with E-state index in [4.69, 9.17) is 15.6 Å². The molecule has 0 aromatic carbocycles. The maximum Gasteiger partial charge on any atom is 0.234 e. The van der Waals surface area contributed by atoms with Crippen molar-refractivity contribution >= 4 is 5.91 Å². The van der Waals surface area contributed by atoms with Crippen LogP contribution in [-0.4, -0.2) is 43.4 Å². The van der Waals surface area contributed by atoms with Crippen molar-refractivity contribution in [3.8, 4) is 0 Å². The molecule has 72 valence electrons. The first-order valence-corrected chi connectivity index (χ1v) is 3.89. The molecule has 0 saturated carbocycles. The Morgan fingerprint density at radius 1 is 1.67 bits per heavy atom. The molecule has 5 nitrogen and oxygen atoms in total. The van der Waals surface area contributed by atoms with Gasteiger partial charge in [0.25, 0.3) is 0 Å². The van der Waals surface area contributed by atoms with E-state index in [1.807, 2.05) is 0 Å². The predicted octanol–water partition coefficient (Wildman–Crippen LogP) is -1.54. The third-order valence-corrected chi connectivity index (χ3v) is 1.36. The van der Waals surface area contributed by atoms with Gasteiger partial charge in [-0.25, -0.2) is 0 Å². The second-order valence-corrected chi connectivity index (χ2v) is 2.41. The van der Waals surface area contributed by atoms with Crippen molar-refractivity contribution in [3.63, 3.8) is 0 Å². The van der Waals surface area contributed by atoms with Gasteiger partial charge in [0.05, 0.1) is 25.9 Å². The molecule has 0 rings (SSSR count). The highest BCUT2D eigenvalue weighted by Crippen LogP contribution is 1.78. The quantitative estimate of drug-likeness (QED) is 0.410. The number of carbonyl (C=O) groups is 1. The number of aliphatic hydroxyl groups is 1. The summed E-state index contributed by atoms with van der Waals surface area (Å²) < 4.78 is 4.95. The predicted molar refractivity (Wildman–Crippen MR) is 44.6 cm³/mol. The lowest BCUT2D eigenvalue weighted by Gasteiger charge is -2.09. The van der Waals surface area contributed by atoms with Gasteiger partial charge in [0, 0.05) is 6.54 Å². The monoisotopic (exact) mass is 176 g/mol. The molecule has 5 heteroatoms. The fraction of sp³-hybridized carbons (Fsp3) is 0.857. The van der Waals surface area contributed by atoms with Crippen LogP contribution < -0.4 is 11.1 Å². The minimum atomic E-state index is -0.378. The summed E-state index contributed by atoms with van der Waals surface area (Å²) in [6.45, 7) is 3.06. The summed E-state index contributed by atoms with van der Waals surface area (Å²) in [5.41, 5.74) is 4.99. The molecule has 4 N–H and O–H groups in total. The molecule has 0 saturated heterocycles. The average Bonchev–Trinajstić information content (AvgIpc) is 2.03. The van der Waals surface area contributed by atoms with Crippen molar-refractivity contribution in [3.05, 3.63) is 0 Å². The molecular weight excluding hydrogens is 160 g/mol. The second-order valence-electron chi connectivity index (χ2n) is 2.41. The van der Waals surface area contributed by atoms with Crippen LogP contribution in [0.2, 0.25) is 0 Å². The first-order chi connectivity index (χ1) is 5.68. The zero-order chi connectivity index (χ0) is 9.40. The molecule has 12 heavy (non-hydrogen) atoms. The smallest absolute Gasteiger partial charge is 0.234 e. The van der Waals surface area contributed by atoms with Gasteiger partial charge in [0.1, 0.15) is 0 Å². The van der Waals surface area contributed by atoms with E-state index in [0.29, 0.717) is 19.8 Å². The Bertz CT molecular complexity index is 130. The number of primary amides is 1. The van der Waals surface area contributed by atoms with Gasteiger partial charge in [0.2, 0.25) is 5.91 Å². The minimum absolute atomic E-state index is 0.0192. The van der Waals surface area contributed by atoms with Crippen LogP contribution >= 0.6 is 0 Å². The van der Waals surface area contributed by atoms with E-state index < -0.39 is 0 Å². The Kier molecular flexibility index (Phi) is 6.64. The fourth-order valence-corrected chi connectivity index (χ4v) is 0.615. The van der Waals surface area contributed by atoms with Gasteiger partial charge >= 0.3 is 0 Å². The van der Waals surface area contributed by atoms with E-state index >= 15 is 0 Å². The first-order valence-electron chi connectivity index (χ1n) is 3.89. The highest BCUT2D eigenvalue weighted by molar-refractivity contribution is 5.79. The molecule has 1 unspecified atom stereocenters. The Morgan fingerprint density at radius 2 is 2.33 bits per heavy atom. The Hall–Kier alpha value is -0.650. The lowest BCUT2D eigenvalue weighted by atomic mass is 10.3. The molecule has 1 amide bonds. The number of amides is 1. The van der Waals surface area contributed by atoms with Gasteiger partial charge in [-0.3, -0.25) is 4.79 Å². The van der Waals surface area contributed by atoms with E-state index in [9.17, 15) is 4.79 Å². The number of aliphatic hydroxyl groups excluding tert-OH is 1. The van der Waals surface area contributed by atoms with E-state index in [2.05, 4.69) is 5.32 Å². The molecule has 0 heterocycles. The van der Waals surface area contributed by atoms with Crippen molar-refractivity contribution in [2.75, 3.05) is 26.4 Å². The lowest BCUT2D eigenvalue weighted by molar-refractivity contribution is -0.119. The van der Waals surface area contributed by atoms with E-state index in [1.165, 1.54) is 0 Å². The zero-order valence-corrected chi connectivity index (χ0v) is 7.25. The number of carbonyl (C=O) groups excluding carboxylic acids is 1. The van der Waals surface area contributed by atoms with Crippen molar-refractivity contribution in [1.29, 1.82) is 0 Å². The number of rotatable bonds is 7. The molecule has 0 fully saturated rings. The third-order valence-electron chi connectivity index (χ3n) is 1.36. The van der Waals surface area contributed by atoms with Crippen molar-refractivity contribution in [2.45, 2.75) is 13.0 Å². The fourth-order valence-electron chi connectivity index (χ4n) is 0.615. The molecule has 0 aliphatic carbocycles. The highest BCUT2D eigenvalue weighted by Gasteiger charge is 2.05. The number of hydrogen-bond donors (Lipinski definition) is 3. The van der Waals surface area contributed by atoms with Crippen LogP contribution in [0.1, 0.15) is 6.92 Å². The van der Waals surface area contributed by atoms with Crippen LogP contribution in [0.5, 0.6) is 0 Å². The molecular formula is C7H16N2O3. The summed E-state index contributed by atoms with van der Waals surface area (Å²) in [6, 6.07) is -0.331. The Balaban J connectivity index is 3.14. The third kappa shape index (κ3) is 6.09.